The second-order valence-corrected chi connectivity index (χ2v) is 7.35. The molecule has 2 fully saturated rings. The fraction of sp³-hybridized carbons (Fsp3) is 0.529. The number of hydrogen-bond donors (Lipinski definition) is 1. The Labute approximate surface area is 149 Å². The molecule has 5 nitrogen and oxygen atoms in total. The quantitative estimate of drug-likeness (QED) is 0.874. The van der Waals surface area contributed by atoms with Crippen molar-refractivity contribution in [3.8, 4) is 0 Å². The molecule has 136 valence electrons. The van der Waals surface area contributed by atoms with Crippen LogP contribution in [0.25, 0.3) is 0 Å². The minimum Gasteiger partial charge on any atom is -0.339 e. The highest BCUT2D eigenvalue weighted by Gasteiger charge is 2.29. The monoisotopic (exact) mass is 369 g/mol. The number of amides is 2. The second kappa shape index (κ2) is 8.14. The summed E-state index contributed by atoms with van der Waals surface area (Å²) >= 11 is 1.84. The smallest absolute Gasteiger partial charge is 0.259 e. The molecule has 2 saturated heterocycles. The van der Waals surface area contributed by atoms with Gasteiger partial charge >= 0.3 is 0 Å². The Bertz CT molecular complexity index is 625. The van der Waals surface area contributed by atoms with Crippen LogP contribution in [0.3, 0.4) is 0 Å². The molecule has 1 aromatic rings. The third-order valence-corrected chi connectivity index (χ3v) is 5.65. The molecule has 2 aliphatic rings. The van der Waals surface area contributed by atoms with Crippen molar-refractivity contribution < 1.29 is 18.4 Å². The zero-order valence-electron chi connectivity index (χ0n) is 13.8. The van der Waals surface area contributed by atoms with Gasteiger partial charge in [0.1, 0.15) is 17.2 Å². The number of halogens is 2. The fourth-order valence-corrected chi connectivity index (χ4v) is 4.06. The van der Waals surface area contributed by atoms with Crippen molar-refractivity contribution >= 4 is 23.6 Å². The molecule has 2 aliphatic heterocycles. The number of rotatable bonds is 3. The zero-order chi connectivity index (χ0) is 17.8. The molecule has 0 spiro atoms. The molecule has 1 aromatic carbocycles. The lowest BCUT2D eigenvalue weighted by molar-refractivity contribution is -0.133. The molecule has 1 N–H and O–H groups in total. The summed E-state index contributed by atoms with van der Waals surface area (Å²) in [6, 6.07) is 3.57. The van der Waals surface area contributed by atoms with E-state index in [1.54, 1.807) is 4.90 Å². The maximum Gasteiger partial charge on any atom is 0.259 e. The van der Waals surface area contributed by atoms with E-state index in [1.807, 2.05) is 11.8 Å². The average Bonchev–Trinajstić information content (AvgIpc) is 2.62. The molecule has 0 aromatic heterocycles. The Kier molecular flexibility index (Phi) is 5.90. The lowest BCUT2D eigenvalue weighted by Crippen LogP contribution is -2.52. The van der Waals surface area contributed by atoms with Gasteiger partial charge in [-0.3, -0.25) is 9.59 Å². The number of piperazine rings is 1. The van der Waals surface area contributed by atoms with Crippen LogP contribution in [0.5, 0.6) is 0 Å². The van der Waals surface area contributed by atoms with Gasteiger partial charge in [-0.15, -0.1) is 0 Å². The molecular formula is C17H21F2N3O2S. The van der Waals surface area contributed by atoms with Gasteiger partial charge in [-0.05, 0) is 12.1 Å². The van der Waals surface area contributed by atoms with Crippen LogP contribution in [0.2, 0.25) is 0 Å². The van der Waals surface area contributed by atoms with Crippen molar-refractivity contribution in [1.29, 1.82) is 0 Å². The van der Waals surface area contributed by atoms with Gasteiger partial charge in [0.05, 0.1) is 0 Å². The highest BCUT2D eigenvalue weighted by Crippen LogP contribution is 2.17. The second-order valence-electron chi connectivity index (χ2n) is 6.20. The van der Waals surface area contributed by atoms with Crippen LogP contribution in [0.1, 0.15) is 16.8 Å². The van der Waals surface area contributed by atoms with Gasteiger partial charge < -0.3 is 15.1 Å². The van der Waals surface area contributed by atoms with Crippen LogP contribution in [0.4, 0.5) is 8.78 Å². The lowest BCUT2D eigenvalue weighted by atomic mass is 10.1. The van der Waals surface area contributed by atoms with E-state index >= 15 is 0 Å². The molecule has 2 heterocycles. The highest BCUT2D eigenvalue weighted by molar-refractivity contribution is 7.99. The first-order valence-corrected chi connectivity index (χ1v) is 9.54. The Balaban J connectivity index is 1.54. The Morgan fingerprint density at radius 1 is 1.12 bits per heavy atom. The first-order chi connectivity index (χ1) is 12.1. The molecule has 3 rings (SSSR count). The molecule has 8 heteroatoms. The maximum atomic E-state index is 13.8. The van der Waals surface area contributed by atoms with E-state index in [-0.39, 0.29) is 25.0 Å². The first kappa shape index (κ1) is 18.1. The number of nitrogens with one attached hydrogen (secondary N) is 1. The number of nitrogens with zero attached hydrogens (tertiary/aromatic N) is 2. The van der Waals surface area contributed by atoms with Gasteiger partial charge in [0, 0.05) is 56.7 Å². The molecule has 0 radical (unpaired) electrons. The third-order valence-electron chi connectivity index (χ3n) is 4.52. The number of carbonyl (C=O) groups excluding carboxylic acids is 2. The minimum absolute atomic E-state index is 0.0594. The summed E-state index contributed by atoms with van der Waals surface area (Å²) in [5.74, 6) is -0.319. The lowest BCUT2D eigenvalue weighted by Gasteiger charge is -2.36. The zero-order valence-corrected chi connectivity index (χ0v) is 14.7. The Hall–Kier alpha value is -1.67. The summed E-state index contributed by atoms with van der Waals surface area (Å²) in [5, 5.41) is 3.33. The van der Waals surface area contributed by atoms with Crippen LogP contribution in [-0.2, 0) is 4.79 Å². The van der Waals surface area contributed by atoms with Gasteiger partial charge in [0.25, 0.3) is 5.91 Å². The summed E-state index contributed by atoms with van der Waals surface area (Å²) in [6.45, 7) is 2.26. The van der Waals surface area contributed by atoms with Crippen molar-refractivity contribution in [2.24, 2.45) is 0 Å². The van der Waals surface area contributed by atoms with E-state index < -0.39 is 23.1 Å². The van der Waals surface area contributed by atoms with E-state index in [2.05, 4.69) is 5.32 Å². The number of carbonyl (C=O) groups is 2. The van der Waals surface area contributed by atoms with Crippen molar-refractivity contribution in [3.63, 3.8) is 0 Å². The Morgan fingerprint density at radius 3 is 2.36 bits per heavy atom. The van der Waals surface area contributed by atoms with Crippen molar-refractivity contribution in [3.05, 3.63) is 35.4 Å². The molecule has 25 heavy (non-hydrogen) atoms. The van der Waals surface area contributed by atoms with Crippen LogP contribution >= 0.6 is 11.8 Å². The topological polar surface area (TPSA) is 52.7 Å². The standard InChI is InChI=1S/C17H21F2N3O2S/c18-13-2-1-3-14(19)16(13)17(24)22-7-5-21(6-8-22)15(23)10-12-11-25-9-4-20-12/h1-3,12,20H,4-11H2. The van der Waals surface area contributed by atoms with Crippen LogP contribution in [-0.4, -0.2) is 71.9 Å². The summed E-state index contributed by atoms with van der Waals surface area (Å²) in [7, 11) is 0. The van der Waals surface area contributed by atoms with Gasteiger partial charge in [0.2, 0.25) is 5.91 Å². The summed E-state index contributed by atoms with van der Waals surface area (Å²) in [4.78, 5) is 27.9. The number of benzene rings is 1. The summed E-state index contributed by atoms with van der Waals surface area (Å²) in [5.41, 5.74) is -0.522. The normalized spacial score (nSPS) is 21.3. The summed E-state index contributed by atoms with van der Waals surface area (Å²) < 4.78 is 27.5. The van der Waals surface area contributed by atoms with Crippen LogP contribution < -0.4 is 5.32 Å². The van der Waals surface area contributed by atoms with E-state index in [0.29, 0.717) is 19.5 Å². The Morgan fingerprint density at radius 2 is 1.76 bits per heavy atom. The molecule has 1 unspecified atom stereocenters. The third kappa shape index (κ3) is 4.30. The van der Waals surface area contributed by atoms with Crippen LogP contribution in [0.15, 0.2) is 18.2 Å². The molecule has 0 bridgehead atoms. The van der Waals surface area contributed by atoms with E-state index in [4.69, 9.17) is 0 Å². The molecule has 2 amide bonds. The van der Waals surface area contributed by atoms with E-state index in [0.717, 1.165) is 30.2 Å². The minimum atomic E-state index is -0.857. The highest BCUT2D eigenvalue weighted by atomic mass is 32.2. The van der Waals surface area contributed by atoms with Gasteiger partial charge in [-0.2, -0.15) is 11.8 Å². The molecule has 0 aliphatic carbocycles. The van der Waals surface area contributed by atoms with Crippen molar-refractivity contribution in [1.82, 2.24) is 15.1 Å². The molecule has 0 saturated carbocycles. The van der Waals surface area contributed by atoms with E-state index in [9.17, 15) is 18.4 Å². The summed E-state index contributed by atoms with van der Waals surface area (Å²) in [6.07, 6.45) is 0.447. The largest absolute Gasteiger partial charge is 0.339 e. The van der Waals surface area contributed by atoms with E-state index in [1.165, 1.54) is 11.0 Å². The molecule has 1 atom stereocenters. The van der Waals surface area contributed by atoms with Crippen LogP contribution in [0, 0.1) is 11.6 Å². The number of thioether (sulfide) groups is 1. The predicted octanol–water partition coefficient (Wildman–Crippen LogP) is 1.34. The SMILES string of the molecule is O=C(CC1CSCCN1)N1CCN(C(=O)c2c(F)cccc2F)CC1. The number of hydrogen-bond acceptors (Lipinski definition) is 4. The van der Waals surface area contributed by atoms with Crippen molar-refractivity contribution in [2.45, 2.75) is 12.5 Å². The predicted molar refractivity (Wildman–Crippen MR) is 92.6 cm³/mol. The van der Waals surface area contributed by atoms with Crippen molar-refractivity contribution in [2.75, 3.05) is 44.2 Å². The van der Waals surface area contributed by atoms with Gasteiger partial charge in [0.15, 0.2) is 0 Å². The molecular weight excluding hydrogens is 348 g/mol. The average molecular weight is 369 g/mol. The van der Waals surface area contributed by atoms with Gasteiger partial charge in [-0.25, -0.2) is 8.78 Å². The fourth-order valence-electron chi connectivity index (χ4n) is 3.11. The maximum absolute atomic E-state index is 13.8. The first-order valence-electron chi connectivity index (χ1n) is 8.38. The van der Waals surface area contributed by atoms with Gasteiger partial charge in [-0.1, -0.05) is 6.07 Å².